The quantitative estimate of drug-likeness (QED) is 0.0461. The van der Waals surface area contributed by atoms with Crippen molar-refractivity contribution in [1.29, 1.82) is 0 Å². The molecule has 0 N–H and O–H groups in total. The number of carboxylic acid groups (broad SMARTS) is 2. The third-order valence-electron chi connectivity index (χ3n) is 9.47. The molecule has 0 saturated carbocycles. The molecule has 276 valence electrons. The van der Waals surface area contributed by atoms with Crippen LogP contribution in [0.25, 0.3) is 0 Å². The van der Waals surface area contributed by atoms with Gasteiger partial charge in [0.2, 0.25) is 0 Å². The van der Waals surface area contributed by atoms with Gasteiger partial charge in [-0.2, -0.15) is 0 Å². The maximum absolute atomic E-state index is 10.3. The van der Waals surface area contributed by atoms with Gasteiger partial charge in [-0.25, -0.2) is 0 Å². The Kier molecular flexibility index (Phi) is 53.7. The first-order valence-corrected chi connectivity index (χ1v) is 20.9. The van der Waals surface area contributed by atoms with Crippen LogP contribution in [0.1, 0.15) is 258 Å². The molecule has 0 aromatic rings. The van der Waals surface area contributed by atoms with Gasteiger partial charge in [-0.05, 0) is 25.7 Å². The van der Waals surface area contributed by atoms with E-state index in [-0.39, 0.29) is 61.7 Å². The number of hydrogen-bond donors (Lipinski definition) is 0. The van der Waals surface area contributed by atoms with E-state index in [1.54, 1.807) is 0 Å². The van der Waals surface area contributed by atoms with Gasteiger partial charge in [-0.15, -0.1) is 0 Å². The first-order valence-electron chi connectivity index (χ1n) is 20.9. The topological polar surface area (TPSA) is 80.3 Å². The van der Waals surface area contributed by atoms with Crippen molar-refractivity contribution >= 4 is 60.8 Å². The number of hydrogen-bond acceptors (Lipinski definition) is 4. The fraction of sp³-hybridized carbons (Fsp3) is 0.952. The van der Waals surface area contributed by atoms with E-state index in [4.69, 9.17) is 0 Å². The van der Waals surface area contributed by atoms with Gasteiger partial charge in [0.1, 0.15) is 0 Å². The second kappa shape index (κ2) is 48.6. The van der Waals surface area contributed by atoms with Crippen molar-refractivity contribution in [2.24, 2.45) is 0 Å². The smallest absolute Gasteiger partial charge is 0.550 e. The van der Waals surface area contributed by atoms with Gasteiger partial charge in [0.05, 0.1) is 0 Å². The molecule has 0 unspecified atom stereocenters. The monoisotopic (exact) mass is 789 g/mol. The van der Waals surface area contributed by atoms with Gasteiger partial charge in [0.25, 0.3) is 0 Å². The molecule has 0 radical (unpaired) electrons. The normalized spacial score (nSPS) is 10.8. The molecule has 0 bridgehead atoms. The van der Waals surface area contributed by atoms with Crippen LogP contribution < -0.4 is 10.2 Å². The molecule has 0 rings (SSSR count). The Balaban J connectivity index is -0.000000807. The van der Waals surface area contributed by atoms with Gasteiger partial charge >= 0.3 is 48.9 Å². The summed E-state index contributed by atoms with van der Waals surface area (Å²) in [4.78, 5) is 20.5. The van der Waals surface area contributed by atoms with Crippen LogP contribution in [-0.4, -0.2) is 60.8 Å². The Morgan fingerprint density at radius 2 is 0.404 bits per heavy atom. The van der Waals surface area contributed by atoms with E-state index in [0.29, 0.717) is 0 Å². The van der Waals surface area contributed by atoms with Crippen molar-refractivity contribution in [3.8, 4) is 0 Å². The van der Waals surface area contributed by atoms with Crippen molar-refractivity contribution in [3.05, 3.63) is 0 Å². The van der Waals surface area contributed by atoms with Crippen LogP contribution in [0.4, 0.5) is 0 Å². The number of aliphatic carboxylic acids is 2. The minimum atomic E-state index is -0.901. The molecule has 0 atom stereocenters. The van der Waals surface area contributed by atoms with Gasteiger partial charge < -0.3 is 19.8 Å². The van der Waals surface area contributed by atoms with Gasteiger partial charge in [-0.1, -0.05) is 232 Å². The summed E-state index contributed by atoms with van der Waals surface area (Å²) in [6, 6.07) is 0. The van der Waals surface area contributed by atoms with E-state index in [9.17, 15) is 19.8 Å². The molecule has 47 heavy (non-hydrogen) atoms. The SMILES string of the molecule is CCCCCCCCCCCCCCCCCCCCC(=O)[O-].CCCCCCCCCCCCCCCCCCCCC(=O)[O-].[Ba+2]. The minimum absolute atomic E-state index is 0. The van der Waals surface area contributed by atoms with Crippen LogP contribution in [0.5, 0.6) is 0 Å². The molecule has 0 saturated heterocycles. The molecule has 0 fully saturated rings. The number of carbonyl (C=O) groups is 2. The average molecular weight is 788 g/mol. The molecular weight excluding hydrogens is 706 g/mol. The van der Waals surface area contributed by atoms with Crippen molar-refractivity contribution in [2.45, 2.75) is 258 Å². The van der Waals surface area contributed by atoms with Crippen LogP contribution >= 0.6 is 0 Å². The number of unbranched alkanes of at least 4 members (excludes halogenated alkanes) is 34. The molecule has 0 aliphatic heterocycles. The molecule has 0 aliphatic rings. The van der Waals surface area contributed by atoms with E-state index in [0.717, 1.165) is 25.7 Å². The fourth-order valence-electron chi connectivity index (χ4n) is 6.34. The summed E-state index contributed by atoms with van der Waals surface area (Å²) in [5.41, 5.74) is 0. The summed E-state index contributed by atoms with van der Waals surface area (Å²) in [5.74, 6) is -1.80. The molecular formula is C42H82BaO4. The summed E-state index contributed by atoms with van der Waals surface area (Å²) >= 11 is 0. The Labute approximate surface area is 335 Å². The van der Waals surface area contributed by atoms with Crippen molar-refractivity contribution in [2.75, 3.05) is 0 Å². The predicted molar refractivity (Wildman–Crippen MR) is 203 cm³/mol. The van der Waals surface area contributed by atoms with E-state index in [1.165, 1.54) is 205 Å². The van der Waals surface area contributed by atoms with Crippen LogP contribution in [-0.2, 0) is 9.59 Å². The average Bonchev–Trinajstić information content (AvgIpc) is 3.03. The third kappa shape index (κ3) is 56.1. The third-order valence-corrected chi connectivity index (χ3v) is 9.47. The molecule has 0 spiro atoms. The summed E-state index contributed by atoms with van der Waals surface area (Å²) in [5, 5.41) is 20.5. The van der Waals surface area contributed by atoms with Crippen molar-refractivity contribution < 1.29 is 19.8 Å². The van der Waals surface area contributed by atoms with E-state index in [1.807, 2.05) is 0 Å². The molecule has 0 aliphatic carbocycles. The summed E-state index contributed by atoms with van der Waals surface area (Å²) in [6.45, 7) is 4.56. The van der Waals surface area contributed by atoms with E-state index < -0.39 is 11.9 Å². The molecule has 0 amide bonds. The Morgan fingerprint density at radius 1 is 0.277 bits per heavy atom. The largest absolute Gasteiger partial charge is 2.00 e. The second-order valence-corrected chi connectivity index (χ2v) is 14.3. The Bertz CT molecular complexity index is 533. The van der Waals surface area contributed by atoms with E-state index >= 15 is 0 Å². The molecule has 0 aromatic heterocycles. The van der Waals surface area contributed by atoms with Crippen LogP contribution in [0.2, 0.25) is 0 Å². The van der Waals surface area contributed by atoms with Gasteiger partial charge in [-0.3, -0.25) is 0 Å². The fourth-order valence-corrected chi connectivity index (χ4v) is 6.34. The van der Waals surface area contributed by atoms with Gasteiger partial charge in [0, 0.05) is 11.9 Å². The zero-order valence-electron chi connectivity index (χ0n) is 32.2. The molecule has 4 nitrogen and oxygen atoms in total. The van der Waals surface area contributed by atoms with E-state index in [2.05, 4.69) is 13.8 Å². The standard InChI is InChI=1S/2C21H42O2.Ba/c2*1-2-3-4-5-6-7-8-9-10-11-12-13-14-15-16-17-18-19-20-21(22)23;/h2*2-20H2,1H3,(H,22,23);/q;;+2/p-2. The van der Waals surface area contributed by atoms with Crippen LogP contribution in [0, 0.1) is 0 Å². The first kappa shape index (κ1) is 51.9. The Morgan fingerprint density at radius 3 is 0.532 bits per heavy atom. The maximum atomic E-state index is 10.3. The second-order valence-electron chi connectivity index (χ2n) is 14.3. The zero-order chi connectivity index (χ0) is 34.0. The Hall–Kier alpha value is 0.511. The first-order chi connectivity index (χ1) is 22.5. The van der Waals surface area contributed by atoms with Crippen LogP contribution in [0.3, 0.4) is 0 Å². The molecule has 0 heterocycles. The maximum Gasteiger partial charge on any atom is 2.00 e. The predicted octanol–water partition coefficient (Wildman–Crippen LogP) is 12.0. The molecule has 5 heteroatoms. The van der Waals surface area contributed by atoms with Crippen molar-refractivity contribution in [3.63, 3.8) is 0 Å². The molecule has 0 aromatic carbocycles. The van der Waals surface area contributed by atoms with Gasteiger partial charge in [0.15, 0.2) is 0 Å². The summed E-state index contributed by atoms with van der Waals surface area (Å²) in [7, 11) is 0. The van der Waals surface area contributed by atoms with Crippen molar-refractivity contribution in [1.82, 2.24) is 0 Å². The summed E-state index contributed by atoms with van der Waals surface area (Å²) < 4.78 is 0. The number of carbonyl (C=O) groups excluding carboxylic acids is 2. The summed E-state index contributed by atoms with van der Waals surface area (Å²) in [6.07, 6.45) is 48.5. The van der Waals surface area contributed by atoms with Crippen LogP contribution in [0.15, 0.2) is 0 Å². The number of carboxylic acids is 2. The number of rotatable bonds is 38. The zero-order valence-corrected chi connectivity index (χ0v) is 36.7. The minimum Gasteiger partial charge on any atom is -0.550 e.